The topological polar surface area (TPSA) is 66.8 Å². The predicted octanol–water partition coefficient (Wildman–Crippen LogP) is 2.46. The number of rotatable bonds is 2. The zero-order valence-corrected chi connectivity index (χ0v) is 12.7. The van der Waals surface area contributed by atoms with Crippen LogP contribution in [0.3, 0.4) is 0 Å². The third-order valence-corrected chi connectivity index (χ3v) is 3.05. The summed E-state index contributed by atoms with van der Waals surface area (Å²) in [5.74, 6) is -1.94. The summed E-state index contributed by atoms with van der Waals surface area (Å²) in [6.45, 7) is 0. The second-order valence-electron chi connectivity index (χ2n) is 4.40. The van der Waals surface area contributed by atoms with Gasteiger partial charge in [-0.1, -0.05) is 48.5 Å². The van der Waals surface area contributed by atoms with Crippen LogP contribution in [0.15, 0.2) is 66.2 Å². The van der Waals surface area contributed by atoms with Gasteiger partial charge in [0, 0.05) is 27.9 Å². The van der Waals surface area contributed by atoms with Gasteiger partial charge in [-0.15, -0.1) is 5.06 Å². The summed E-state index contributed by atoms with van der Waals surface area (Å²) >= 11 is 0. The average molecular weight is 389 g/mol. The van der Waals surface area contributed by atoms with Gasteiger partial charge in [0.25, 0.3) is 0 Å². The number of anilines is 1. The number of benzene rings is 2. The number of carbonyl (C=O) groups excluding carboxylic acids is 2. The first-order valence-electron chi connectivity index (χ1n) is 6.29. The van der Waals surface area contributed by atoms with Crippen LogP contribution in [0, 0.1) is 0 Å². The number of hydrogen-bond acceptors (Lipinski definition) is 4. The fourth-order valence-corrected chi connectivity index (χ4v) is 2.03. The molecule has 0 saturated carbocycles. The van der Waals surface area contributed by atoms with Crippen LogP contribution in [-0.4, -0.2) is 17.0 Å². The fourth-order valence-electron chi connectivity index (χ4n) is 2.03. The number of carbonyl (C=O) groups is 2. The molecule has 22 heavy (non-hydrogen) atoms. The molecule has 3 rings (SSSR count). The molecule has 5 nitrogen and oxygen atoms in total. The molecule has 0 aliphatic carbocycles. The number of nitrogens with zero attached hydrogens (tertiary/aromatic N) is 1. The summed E-state index contributed by atoms with van der Waals surface area (Å²) in [6.07, 6.45) is 0. The van der Waals surface area contributed by atoms with E-state index in [1.165, 1.54) is 0 Å². The molecule has 0 bridgehead atoms. The molecule has 1 aliphatic rings. The first-order valence-corrected chi connectivity index (χ1v) is 6.29. The zero-order chi connectivity index (χ0) is 14.8. The first kappa shape index (κ1) is 16.0. The smallest absolute Gasteiger partial charge is 0.373 e. The van der Waals surface area contributed by atoms with Gasteiger partial charge in [0.05, 0.1) is 5.69 Å². The summed E-state index contributed by atoms with van der Waals surface area (Å²) in [4.78, 5) is 29.1. The molecule has 2 aromatic rings. The molecule has 1 amide bonds. The van der Waals surface area contributed by atoms with Crippen LogP contribution in [0.4, 0.5) is 5.69 Å². The maximum absolute atomic E-state index is 12.3. The van der Waals surface area contributed by atoms with Gasteiger partial charge in [0.15, 0.2) is 5.57 Å². The minimum Gasteiger partial charge on any atom is -0.506 e. The Morgan fingerprint density at radius 1 is 0.909 bits per heavy atom. The van der Waals surface area contributed by atoms with Crippen LogP contribution in [0.2, 0.25) is 0 Å². The van der Waals surface area contributed by atoms with Gasteiger partial charge >= 0.3 is 11.9 Å². The van der Waals surface area contributed by atoms with Crippen molar-refractivity contribution in [1.82, 2.24) is 0 Å². The molecule has 1 saturated heterocycles. The number of para-hydroxylation sites is 1. The maximum Gasteiger partial charge on any atom is 0.373 e. The van der Waals surface area contributed by atoms with Crippen molar-refractivity contribution in [2.24, 2.45) is 0 Å². The van der Waals surface area contributed by atoms with Crippen molar-refractivity contribution in [3.05, 3.63) is 71.8 Å². The molecule has 1 aliphatic heterocycles. The average Bonchev–Trinajstić information content (AvgIpc) is 2.83. The van der Waals surface area contributed by atoms with E-state index in [0.29, 0.717) is 11.3 Å². The van der Waals surface area contributed by atoms with Crippen LogP contribution in [0.1, 0.15) is 5.56 Å². The monoisotopic (exact) mass is 388 g/mol. The van der Waals surface area contributed by atoms with E-state index >= 15 is 0 Å². The van der Waals surface area contributed by atoms with Crippen LogP contribution in [-0.2, 0) is 36.8 Å². The van der Waals surface area contributed by atoms with Crippen molar-refractivity contribution in [3.8, 4) is 0 Å². The molecule has 115 valence electrons. The molecule has 1 N–H and O–H groups in total. The van der Waals surface area contributed by atoms with Gasteiger partial charge in [-0.05, 0) is 12.1 Å². The molecule has 1 radical (unpaired) electrons. The molecule has 0 spiro atoms. The van der Waals surface area contributed by atoms with E-state index in [1.54, 1.807) is 60.7 Å². The molecular formula is C16H11AgNO4. The molecule has 0 unspecified atom stereocenters. The first-order chi connectivity index (χ1) is 10.2. The summed E-state index contributed by atoms with van der Waals surface area (Å²) in [5, 5.41) is 11.0. The van der Waals surface area contributed by atoms with Crippen molar-refractivity contribution < 1.29 is 41.9 Å². The van der Waals surface area contributed by atoms with E-state index in [1.807, 2.05) is 0 Å². The van der Waals surface area contributed by atoms with Crippen LogP contribution >= 0.6 is 0 Å². The Balaban J connectivity index is 0.00000176. The zero-order valence-electron chi connectivity index (χ0n) is 11.2. The van der Waals surface area contributed by atoms with Gasteiger partial charge in [-0.25, -0.2) is 4.79 Å². The van der Waals surface area contributed by atoms with Crippen LogP contribution in [0.5, 0.6) is 0 Å². The van der Waals surface area contributed by atoms with Gasteiger partial charge in [-0.2, -0.15) is 0 Å². The number of aliphatic hydroxyl groups is 1. The minimum absolute atomic E-state index is 0. The van der Waals surface area contributed by atoms with Crippen molar-refractivity contribution >= 4 is 23.3 Å². The maximum atomic E-state index is 12.3. The van der Waals surface area contributed by atoms with Crippen molar-refractivity contribution in [2.45, 2.75) is 0 Å². The number of hydroxylamine groups is 1. The number of amides is 1. The third kappa shape index (κ3) is 2.82. The Labute approximate surface area is 142 Å². The molecule has 2 aromatic carbocycles. The summed E-state index contributed by atoms with van der Waals surface area (Å²) in [6, 6.07) is 16.9. The number of hydrogen-bond donors (Lipinski definition) is 1. The number of aliphatic hydroxyl groups excluding tert-OH is 1. The Kier molecular flexibility index (Phi) is 4.82. The quantitative estimate of drug-likeness (QED) is 0.371. The predicted molar refractivity (Wildman–Crippen MR) is 76.0 cm³/mol. The molecule has 6 heteroatoms. The largest absolute Gasteiger partial charge is 0.506 e. The van der Waals surface area contributed by atoms with E-state index in [9.17, 15) is 14.7 Å². The van der Waals surface area contributed by atoms with Gasteiger partial charge in [0.2, 0.25) is 0 Å². The SMILES string of the molecule is O=C1ON(c2ccccc2)C(=O)/C1=C(\O)c1ccccc1.[Ag]. The van der Waals surface area contributed by atoms with Crippen molar-refractivity contribution in [3.63, 3.8) is 0 Å². The standard InChI is InChI=1S/C16H11NO4.Ag/c18-14(11-7-3-1-4-8-11)13-15(19)17(21-16(13)20)12-9-5-2-6-10-12;/h1-10,18H;/b14-13+;. The van der Waals surface area contributed by atoms with Gasteiger partial charge < -0.3 is 9.94 Å². The molecular weight excluding hydrogens is 378 g/mol. The van der Waals surface area contributed by atoms with E-state index < -0.39 is 11.9 Å². The summed E-state index contributed by atoms with van der Waals surface area (Å²) in [5.41, 5.74) is 0.435. The molecule has 1 fully saturated rings. The second-order valence-corrected chi connectivity index (χ2v) is 4.40. The molecule has 0 aromatic heterocycles. The van der Waals surface area contributed by atoms with E-state index in [-0.39, 0.29) is 33.7 Å². The second kappa shape index (κ2) is 6.62. The Bertz CT molecular complexity index is 728. The van der Waals surface area contributed by atoms with Crippen molar-refractivity contribution in [2.75, 3.05) is 5.06 Å². The Hall–Kier alpha value is -2.34. The summed E-state index contributed by atoms with van der Waals surface area (Å²) in [7, 11) is 0. The van der Waals surface area contributed by atoms with Crippen molar-refractivity contribution in [1.29, 1.82) is 0 Å². The minimum atomic E-state index is -0.870. The molecule has 0 atom stereocenters. The fraction of sp³-hybridized carbons (Fsp3) is 0. The third-order valence-electron chi connectivity index (χ3n) is 3.05. The van der Waals surface area contributed by atoms with Crippen LogP contribution < -0.4 is 5.06 Å². The van der Waals surface area contributed by atoms with E-state index in [4.69, 9.17) is 4.84 Å². The van der Waals surface area contributed by atoms with Crippen LogP contribution in [0.25, 0.3) is 5.76 Å². The van der Waals surface area contributed by atoms with Gasteiger partial charge in [-0.3, -0.25) is 4.79 Å². The normalized spacial score (nSPS) is 16.1. The molecule has 1 heterocycles. The summed E-state index contributed by atoms with van der Waals surface area (Å²) < 4.78 is 0. The Morgan fingerprint density at radius 2 is 1.45 bits per heavy atom. The van der Waals surface area contributed by atoms with E-state index in [0.717, 1.165) is 5.06 Å². The van der Waals surface area contributed by atoms with E-state index in [2.05, 4.69) is 0 Å². The Morgan fingerprint density at radius 3 is 2.05 bits per heavy atom. The van der Waals surface area contributed by atoms with Gasteiger partial charge in [0.1, 0.15) is 5.76 Å².